The maximum atomic E-state index is 12.6. The van der Waals surface area contributed by atoms with E-state index in [1.807, 2.05) is 0 Å². The Morgan fingerprint density at radius 3 is 2.44 bits per heavy atom. The third-order valence-corrected chi connectivity index (χ3v) is 7.01. The number of halogens is 1. The van der Waals surface area contributed by atoms with Crippen molar-refractivity contribution in [1.29, 1.82) is 0 Å². The van der Waals surface area contributed by atoms with Gasteiger partial charge in [0.25, 0.3) is 5.91 Å². The van der Waals surface area contributed by atoms with Gasteiger partial charge in [0.15, 0.2) is 6.61 Å². The summed E-state index contributed by atoms with van der Waals surface area (Å²) in [6.07, 6.45) is 8.19. The van der Waals surface area contributed by atoms with E-state index in [9.17, 15) is 13.2 Å². The van der Waals surface area contributed by atoms with E-state index in [4.69, 9.17) is 16.3 Å². The first-order valence-corrected chi connectivity index (χ1v) is 11.5. The maximum Gasteiger partial charge on any atom is 0.260 e. The molecule has 1 aromatic rings. The lowest BCUT2D eigenvalue weighted by Crippen LogP contribution is -2.38. The van der Waals surface area contributed by atoms with Crippen molar-refractivity contribution in [1.82, 2.24) is 9.62 Å². The number of hydrogen-bond donors (Lipinski definition) is 1. The third-order valence-electron chi connectivity index (χ3n) is 5.20. The molecule has 150 valence electrons. The average Bonchev–Trinajstić information content (AvgIpc) is 2.68. The normalized spacial score (nSPS) is 19.1. The smallest absolute Gasteiger partial charge is 0.260 e. The number of carbonyl (C=O) groups excluding carboxylic acids is 1. The molecule has 1 aromatic carbocycles. The monoisotopic (exact) mass is 414 g/mol. The number of nitrogens with zero attached hydrogens (tertiary/aromatic N) is 1. The number of benzene rings is 1. The topological polar surface area (TPSA) is 75.7 Å². The van der Waals surface area contributed by atoms with Crippen LogP contribution in [0, 0.1) is 0 Å². The van der Waals surface area contributed by atoms with E-state index < -0.39 is 10.0 Å². The summed E-state index contributed by atoms with van der Waals surface area (Å²) < 4.78 is 33.4. The fourth-order valence-electron chi connectivity index (χ4n) is 3.65. The van der Waals surface area contributed by atoms with Gasteiger partial charge in [0.1, 0.15) is 5.75 Å². The Labute approximate surface area is 166 Å². The molecule has 1 N–H and O–H groups in total. The predicted molar refractivity (Wildman–Crippen MR) is 105 cm³/mol. The minimum Gasteiger partial charge on any atom is -0.482 e. The van der Waals surface area contributed by atoms with E-state index >= 15 is 0 Å². The molecule has 1 aliphatic heterocycles. The Kier molecular flexibility index (Phi) is 7.00. The summed E-state index contributed by atoms with van der Waals surface area (Å²) in [6.45, 7) is 1.44. The highest BCUT2D eigenvalue weighted by molar-refractivity contribution is 7.89. The fraction of sp³-hybridized carbons (Fsp3) is 0.632. The van der Waals surface area contributed by atoms with Crippen LogP contribution in [0.25, 0.3) is 0 Å². The van der Waals surface area contributed by atoms with Crippen molar-refractivity contribution in [3.8, 4) is 5.75 Å². The van der Waals surface area contributed by atoms with Crippen LogP contribution in [0.3, 0.4) is 0 Å². The summed E-state index contributed by atoms with van der Waals surface area (Å²) in [5.74, 6) is 0.250. The van der Waals surface area contributed by atoms with Crippen molar-refractivity contribution in [2.75, 3.05) is 19.7 Å². The highest BCUT2D eigenvalue weighted by atomic mass is 35.5. The lowest BCUT2D eigenvalue weighted by Gasteiger charge is -2.26. The first kappa shape index (κ1) is 20.4. The zero-order chi connectivity index (χ0) is 19.3. The van der Waals surface area contributed by atoms with Gasteiger partial charge in [-0.05, 0) is 50.3 Å². The summed E-state index contributed by atoms with van der Waals surface area (Å²) in [4.78, 5) is 14.1. The Hall–Kier alpha value is -1.31. The van der Waals surface area contributed by atoms with Crippen LogP contribution in [0.15, 0.2) is 23.1 Å². The van der Waals surface area contributed by atoms with Crippen LogP contribution < -0.4 is 9.46 Å². The number of sulfonamides is 1. The summed E-state index contributed by atoms with van der Waals surface area (Å²) in [7, 11) is -3.61. The lowest BCUT2D eigenvalue weighted by atomic mass is 9.96. The number of amides is 1. The number of piperidine rings is 1. The van der Waals surface area contributed by atoms with Crippen LogP contribution in [0.1, 0.15) is 51.4 Å². The molecule has 0 atom stereocenters. The molecule has 1 saturated carbocycles. The molecule has 0 aromatic heterocycles. The summed E-state index contributed by atoms with van der Waals surface area (Å²) in [5, 5.41) is 0.188. The van der Waals surface area contributed by atoms with Crippen LogP contribution in [-0.4, -0.2) is 45.0 Å². The van der Waals surface area contributed by atoms with E-state index in [-0.39, 0.29) is 28.5 Å². The van der Waals surface area contributed by atoms with Crippen molar-refractivity contribution < 1.29 is 17.9 Å². The largest absolute Gasteiger partial charge is 0.482 e. The SMILES string of the molecule is O=C(COc1ccc(S(=O)(=O)NC2CCCCC2)cc1Cl)N1CCCCC1. The summed E-state index contributed by atoms with van der Waals surface area (Å²) in [6, 6.07) is 4.35. The summed E-state index contributed by atoms with van der Waals surface area (Å²) in [5.41, 5.74) is 0. The van der Waals surface area contributed by atoms with E-state index in [0.717, 1.165) is 64.5 Å². The molecule has 0 radical (unpaired) electrons. The van der Waals surface area contributed by atoms with Gasteiger partial charge in [-0.3, -0.25) is 4.79 Å². The quantitative estimate of drug-likeness (QED) is 0.774. The number of ether oxygens (including phenoxy) is 1. The van der Waals surface area contributed by atoms with Gasteiger partial charge in [-0.15, -0.1) is 0 Å². The van der Waals surface area contributed by atoms with Gasteiger partial charge >= 0.3 is 0 Å². The molecule has 0 spiro atoms. The number of nitrogens with one attached hydrogen (secondary N) is 1. The van der Waals surface area contributed by atoms with Gasteiger partial charge in [-0.25, -0.2) is 13.1 Å². The standard InChI is InChI=1S/C19H27ClN2O4S/c20-17-13-16(27(24,25)21-15-7-3-1-4-8-15)9-10-18(17)26-14-19(23)22-11-5-2-6-12-22/h9-10,13,15,21H,1-8,11-12,14H2. The van der Waals surface area contributed by atoms with Crippen LogP contribution in [0.4, 0.5) is 0 Å². The molecule has 0 bridgehead atoms. The van der Waals surface area contributed by atoms with Crippen molar-refractivity contribution in [3.05, 3.63) is 23.2 Å². The molecule has 1 aliphatic carbocycles. The van der Waals surface area contributed by atoms with Crippen molar-refractivity contribution >= 4 is 27.5 Å². The van der Waals surface area contributed by atoms with E-state index in [1.54, 1.807) is 4.90 Å². The molecule has 6 nitrogen and oxygen atoms in total. The Balaban J connectivity index is 1.60. The minimum absolute atomic E-state index is 0.0133. The zero-order valence-corrected chi connectivity index (χ0v) is 17.0. The van der Waals surface area contributed by atoms with Crippen LogP contribution in [0.2, 0.25) is 5.02 Å². The van der Waals surface area contributed by atoms with Crippen LogP contribution in [0.5, 0.6) is 5.75 Å². The van der Waals surface area contributed by atoms with E-state index in [2.05, 4.69) is 4.72 Å². The van der Waals surface area contributed by atoms with Gasteiger partial charge < -0.3 is 9.64 Å². The first-order valence-electron chi connectivity index (χ1n) is 9.68. The average molecular weight is 415 g/mol. The molecular weight excluding hydrogens is 388 g/mol. The predicted octanol–water partition coefficient (Wildman–Crippen LogP) is 3.34. The second-order valence-corrected chi connectivity index (χ2v) is 9.40. The van der Waals surface area contributed by atoms with Crippen LogP contribution >= 0.6 is 11.6 Å². The molecular formula is C19H27ClN2O4S. The molecule has 3 rings (SSSR count). The fourth-order valence-corrected chi connectivity index (χ4v) is 5.28. The van der Waals surface area contributed by atoms with Gasteiger partial charge in [-0.1, -0.05) is 30.9 Å². The Morgan fingerprint density at radius 1 is 1.11 bits per heavy atom. The van der Waals surface area contributed by atoms with Crippen molar-refractivity contribution in [2.45, 2.75) is 62.3 Å². The molecule has 1 heterocycles. The molecule has 8 heteroatoms. The lowest BCUT2D eigenvalue weighted by molar-refractivity contribution is -0.134. The highest BCUT2D eigenvalue weighted by Gasteiger charge is 2.23. The van der Waals surface area contributed by atoms with E-state index in [0.29, 0.717) is 5.75 Å². The minimum atomic E-state index is -3.61. The number of rotatable bonds is 6. The molecule has 0 unspecified atom stereocenters. The second kappa shape index (κ2) is 9.26. The molecule has 2 aliphatic rings. The highest BCUT2D eigenvalue weighted by Crippen LogP contribution is 2.28. The Bertz CT molecular complexity index is 757. The zero-order valence-electron chi connectivity index (χ0n) is 15.5. The van der Waals surface area contributed by atoms with Gasteiger partial charge in [0.05, 0.1) is 9.92 Å². The maximum absolute atomic E-state index is 12.6. The number of carbonyl (C=O) groups is 1. The third kappa shape index (κ3) is 5.59. The first-order chi connectivity index (χ1) is 13.0. The second-order valence-electron chi connectivity index (χ2n) is 7.28. The van der Waals surface area contributed by atoms with Gasteiger partial charge in [-0.2, -0.15) is 0 Å². The van der Waals surface area contributed by atoms with Crippen molar-refractivity contribution in [3.63, 3.8) is 0 Å². The van der Waals surface area contributed by atoms with Crippen molar-refractivity contribution in [2.24, 2.45) is 0 Å². The summed E-state index contributed by atoms with van der Waals surface area (Å²) >= 11 is 6.21. The van der Waals surface area contributed by atoms with Gasteiger partial charge in [0, 0.05) is 19.1 Å². The van der Waals surface area contributed by atoms with Crippen LogP contribution in [-0.2, 0) is 14.8 Å². The molecule has 1 amide bonds. The van der Waals surface area contributed by atoms with Gasteiger partial charge in [0.2, 0.25) is 10.0 Å². The molecule has 1 saturated heterocycles. The number of hydrogen-bond acceptors (Lipinski definition) is 4. The molecule has 27 heavy (non-hydrogen) atoms. The van der Waals surface area contributed by atoms with E-state index in [1.165, 1.54) is 18.2 Å². The molecule has 2 fully saturated rings. The number of likely N-dealkylation sites (tertiary alicyclic amines) is 1. The Morgan fingerprint density at radius 2 is 1.78 bits per heavy atom.